The minimum atomic E-state index is -0.990. The van der Waals surface area contributed by atoms with Crippen molar-refractivity contribution in [2.75, 3.05) is 31.4 Å². The van der Waals surface area contributed by atoms with Crippen molar-refractivity contribution in [3.8, 4) is 11.5 Å². The monoisotopic (exact) mass is 587 g/mol. The van der Waals surface area contributed by atoms with Gasteiger partial charge >= 0.3 is 6.09 Å². The molecule has 1 heterocycles. The van der Waals surface area contributed by atoms with Gasteiger partial charge in [0, 0.05) is 43.9 Å². The maximum absolute atomic E-state index is 13.0. The largest absolute Gasteiger partial charge is 0.506 e. The first kappa shape index (κ1) is 34.4. The van der Waals surface area contributed by atoms with Crippen molar-refractivity contribution in [1.82, 2.24) is 0 Å². The number of carbonyl (C=O) groups is 2. The Morgan fingerprint density at radius 2 is 1.93 bits per heavy atom. The molecule has 0 aliphatic carbocycles. The van der Waals surface area contributed by atoms with E-state index in [2.05, 4.69) is 17.2 Å². The number of nitrogens with one attached hydrogen (secondary N) is 2. The van der Waals surface area contributed by atoms with Crippen LogP contribution in [0.3, 0.4) is 0 Å². The number of nitrogens with two attached hydrogens (primary N) is 1. The van der Waals surface area contributed by atoms with Crippen molar-refractivity contribution >= 4 is 23.4 Å². The lowest BCUT2D eigenvalue weighted by Crippen LogP contribution is -2.37. The van der Waals surface area contributed by atoms with E-state index >= 15 is 0 Å². The van der Waals surface area contributed by atoms with E-state index in [4.69, 9.17) is 19.9 Å². The lowest BCUT2D eigenvalue weighted by molar-refractivity contribution is -0.112. The van der Waals surface area contributed by atoms with E-state index in [0.29, 0.717) is 41.8 Å². The van der Waals surface area contributed by atoms with Crippen molar-refractivity contribution in [3.05, 3.63) is 59.7 Å². The van der Waals surface area contributed by atoms with Crippen LogP contribution < -0.4 is 16.4 Å². The fraction of sp³-hybridized carbons (Fsp3) is 0.484. The molecular weight excluding hydrogens is 542 g/mol. The summed E-state index contributed by atoms with van der Waals surface area (Å²) in [6, 6.07) is 1.28. The first-order chi connectivity index (χ1) is 19.8. The Balaban J connectivity index is 2.67. The van der Waals surface area contributed by atoms with Gasteiger partial charge in [-0.25, -0.2) is 4.79 Å². The van der Waals surface area contributed by atoms with Gasteiger partial charge in [0.2, 0.25) is 0 Å². The Labute approximate surface area is 247 Å². The van der Waals surface area contributed by atoms with Crippen LogP contribution in [0.4, 0.5) is 16.2 Å². The molecule has 232 valence electrons. The first-order valence-electron chi connectivity index (χ1n) is 13.8. The summed E-state index contributed by atoms with van der Waals surface area (Å²) in [6.07, 6.45) is 4.64. The lowest BCUT2D eigenvalue weighted by Gasteiger charge is -2.29. The number of fused-ring (bicyclic) bond motifs is 2. The minimum Gasteiger partial charge on any atom is -0.506 e. The topological polar surface area (TPSA) is 173 Å². The predicted molar refractivity (Wildman–Crippen MR) is 162 cm³/mol. The van der Waals surface area contributed by atoms with Crippen LogP contribution >= 0.6 is 0 Å². The van der Waals surface area contributed by atoms with E-state index in [1.54, 1.807) is 38.2 Å². The zero-order chi connectivity index (χ0) is 31.6. The third-order valence-corrected chi connectivity index (χ3v) is 7.25. The van der Waals surface area contributed by atoms with Crippen molar-refractivity contribution < 1.29 is 39.1 Å². The Morgan fingerprint density at radius 3 is 2.52 bits per heavy atom. The number of carbonyl (C=O) groups excluding carboxylic acids is 2. The number of anilines is 2. The zero-order valence-corrected chi connectivity index (χ0v) is 25.2. The van der Waals surface area contributed by atoms with E-state index in [1.807, 2.05) is 13.8 Å². The Hall–Kier alpha value is -3.80. The van der Waals surface area contributed by atoms with Gasteiger partial charge in [-0.15, -0.1) is 6.58 Å². The molecule has 0 aromatic heterocycles. The molecular formula is C31H45N3O8. The molecule has 42 heavy (non-hydrogen) atoms. The standard InChI is InChI=1S/C31H45N3O8/c1-8-12-33-26-21-13-17(2)14-25(41-7)27(36)19(4)15-20(5)29(42-31(32)39)24(40-6)11-9-10-18(3)30(38)34-22(28(21)37)16-23(26)35/h8-11,15-17,19,24-25,27,29,33,35-37H,1,12-14H2,2-7H3,(H2,32,39)(H,34,38)/b11-9-,18-10-,20-15?/t17-,19+,24+,25+,27-,29+/m1/s1. The molecule has 1 aromatic rings. The van der Waals surface area contributed by atoms with Gasteiger partial charge in [-0.2, -0.15) is 0 Å². The Morgan fingerprint density at radius 1 is 1.24 bits per heavy atom. The summed E-state index contributed by atoms with van der Waals surface area (Å²) in [5.74, 6) is -1.41. The van der Waals surface area contributed by atoms with Crippen molar-refractivity contribution in [3.63, 3.8) is 0 Å². The van der Waals surface area contributed by atoms with Crippen LogP contribution in [-0.4, -0.2) is 72.5 Å². The first-order valence-corrected chi connectivity index (χ1v) is 13.8. The van der Waals surface area contributed by atoms with Gasteiger partial charge in [0.1, 0.15) is 17.6 Å². The Bertz CT molecular complexity index is 1210. The fourth-order valence-corrected chi connectivity index (χ4v) is 4.98. The van der Waals surface area contributed by atoms with Crippen LogP contribution in [-0.2, 0) is 25.4 Å². The molecule has 2 amide bonds. The highest BCUT2D eigenvalue weighted by Crippen LogP contribution is 2.42. The number of ether oxygens (including phenoxy) is 3. The molecule has 2 rings (SSSR count). The van der Waals surface area contributed by atoms with E-state index in [0.717, 1.165) is 0 Å². The molecule has 7 N–H and O–H groups in total. The summed E-state index contributed by atoms with van der Waals surface area (Å²) >= 11 is 0. The molecule has 0 fully saturated rings. The molecule has 0 spiro atoms. The molecule has 0 unspecified atom stereocenters. The van der Waals surface area contributed by atoms with Crippen LogP contribution in [0.25, 0.3) is 0 Å². The van der Waals surface area contributed by atoms with Crippen LogP contribution in [0.5, 0.6) is 11.5 Å². The van der Waals surface area contributed by atoms with Crippen molar-refractivity contribution in [2.45, 2.75) is 65.0 Å². The number of hydrogen-bond donors (Lipinski definition) is 6. The van der Waals surface area contributed by atoms with E-state index in [1.165, 1.54) is 26.4 Å². The van der Waals surface area contributed by atoms with Crippen LogP contribution in [0.15, 0.2) is 54.2 Å². The summed E-state index contributed by atoms with van der Waals surface area (Å²) in [5, 5.41) is 39.1. The summed E-state index contributed by atoms with van der Waals surface area (Å²) in [7, 11) is 2.95. The van der Waals surface area contributed by atoms with Gasteiger partial charge in [0.25, 0.3) is 5.91 Å². The number of rotatable bonds is 6. The Kier molecular flexibility index (Phi) is 13.1. The van der Waals surface area contributed by atoms with Crippen LogP contribution in [0.1, 0.15) is 39.7 Å². The maximum atomic E-state index is 13.0. The van der Waals surface area contributed by atoms with Gasteiger partial charge in [-0.05, 0) is 38.2 Å². The number of hydrogen-bond acceptors (Lipinski definition) is 9. The third kappa shape index (κ3) is 9.10. The molecule has 0 saturated heterocycles. The van der Waals surface area contributed by atoms with Crippen LogP contribution in [0, 0.1) is 11.8 Å². The normalized spacial score (nSPS) is 28.0. The third-order valence-electron chi connectivity index (χ3n) is 7.25. The molecule has 11 heteroatoms. The van der Waals surface area contributed by atoms with E-state index < -0.39 is 42.3 Å². The summed E-state index contributed by atoms with van der Waals surface area (Å²) in [5.41, 5.74) is 7.01. The van der Waals surface area contributed by atoms with Crippen molar-refractivity contribution in [1.29, 1.82) is 0 Å². The average molecular weight is 588 g/mol. The van der Waals surface area contributed by atoms with Gasteiger partial charge in [0.15, 0.2) is 6.10 Å². The fourth-order valence-electron chi connectivity index (χ4n) is 4.98. The molecule has 0 radical (unpaired) electrons. The number of amides is 2. The number of aliphatic hydroxyl groups is 1. The van der Waals surface area contributed by atoms with Gasteiger partial charge in [0.05, 0.1) is 23.6 Å². The molecule has 2 bridgehead atoms. The second-order valence-corrected chi connectivity index (χ2v) is 10.6. The molecule has 11 nitrogen and oxygen atoms in total. The summed E-state index contributed by atoms with van der Waals surface area (Å²) in [6.45, 7) is 11.1. The number of primary amides is 1. The smallest absolute Gasteiger partial charge is 0.405 e. The number of methoxy groups -OCH3 is 2. The number of phenolic OH excluding ortho intramolecular Hbond substituents is 2. The minimum absolute atomic E-state index is 0.0416. The lowest BCUT2D eigenvalue weighted by atomic mass is 9.87. The van der Waals surface area contributed by atoms with E-state index in [-0.39, 0.29) is 23.1 Å². The molecule has 1 aromatic carbocycles. The zero-order valence-electron chi connectivity index (χ0n) is 25.2. The molecule has 1 aliphatic heterocycles. The summed E-state index contributed by atoms with van der Waals surface area (Å²) < 4.78 is 16.6. The van der Waals surface area contributed by atoms with Gasteiger partial charge in [-0.3, -0.25) is 4.79 Å². The highest BCUT2D eigenvalue weighted by atomic mass is 16.6. The average Bonchev–Trinajstić information content (AvgIpc) is 2.94. The number of allylic oxidation sites excluding steroid dienone is 2. The number of aliphatic hydroxyl groups excluding tert-OH is 1. The van der Waals surface area contributed by atoms with E-state index in [9.17, 15) is 24.9 Å². The van der Waals surface area contributed by atoms with Gasteiger partial charge < -0.3 is 45.9 Å². The quantitative estimate of drug-likeness (QED) is 0.162. The van der Waals surface area contributed by atoms with Gasteiger partial charge in [-0.1, -0.05) is 44.2 Å². The molecule has 1 aliphatic rings. The van der Waals surface area contributed by atoms with Crippen LogP contribution in [0.2, 0.25) is 0 Å². The number of phenols is 2. The second-order valence-electron chi connectivity index (χ2n) is 10.6. The SMILES string of the molecule is C=CCNc1c(O)cc2c(O)c1C[C@@H](C)C[C@H](OC)[C@H](O)[C@@H](C)C=C(C)[C@H](OC(N)=O)[C@@H](OC)/C=C\C=C(\C)C(=O)N2. The van der Waals surface area contributed by atoms with Crippen molar-refractivity contribution in [2.24, 2.45) is 17.6 Å². The highest BCUT2D eigenvalue weighted by molar-refractivity contribution is 6.04. The number of aromatic hydroxyl groups is 2. The maximum Gasteiger partial charge on any atom is 0.405 e. The molecule has 0 saturated carbocycles. The highest BCUT2D eigenvalue weighted by Gasteiger charge is 2.30. The number of benzene rings is 1. The molecule has 6 atom stereocenters. The second kappa shape index (κ2) is 16.0. The predicted octanol–water partition coefficient (Wildman–Crippen LogP) is 4.16. The summed E-state index contributed by atoms with van der Waals surface area (Å²) in [4.78, 5) is 24.7.